The molecule has 0 aromatic heterocycles. The van der Waals surface area contributed by atoms with Gasteiger partial charge in [0.2, 0.25) is 5.91 Å². The fraction of sp³-hybridized carbons (Fsp3) is 0.375. The minimum atomic E-state index is -0.226. The molecule has 0 aliphatic carbocycles. The van der Waals surface area contributed by atoms with Crippen LogP contribution in [-0.4, -0.2) is 51.3 Å². The average Bonchev–Trinajstić information content (AvgIpc) is 2.75. The van der Waals surface area contributed by atoms with Crippen LogP contribution in [0.3, 0.4) is 0 Å². The highest BCUT2D eigenvalue weighted by Crippen LogP contribution is 2.37. The molecule has 0 saturated carbocycles. The molecule has 0 bridgehead atoms. The number of hydrogen-bond acceptors (Lipinski definition) is 5. The average molecular weight is 411 g/mol. The van der Waals surface area contributed by atoms with Crippen molar-refractivity contribution >= 4 is 17.7 Å². The zero-order valence-corrected chi connectivity index (χ0v) is 17.7. The number of amides is 1. The highest BCUT2D eigenvalue weighted by atomic mass is 16.6. The zero-order chi connectivity index (χ0) is 21.2. The van der Waals surface area contributed by atoms with Crippen LogP contribution in [0.25, 0.3) is 6.08 Å². The Labute approximate surface area is 178 Å². The fourth-order valence-electron chi connectivity index (χ4n) is 3.09. The Hall–Kier alpha value is -2.99. The number of unbranched alkanes of at least 4 members (excludes halogenated alkanes) is 2. The van der Waals surface area contributed by atoms with Crippen molar-refractivity contribution in [1.82, 2.24) is 4.90 Å². The number of anilines is 1. The lowest BCUT2D eigenvalue weighted by atomic mass is 10.2. The first-order chi connectivity index (χ1) is 14.6. The monoisotopic (exact) mass is 410 g/mol. The molecule has 2 aromatic rings. The van der Waals surface area contributed by atoms with Crippen LogP contribution in [0.1, 0.15) is 24.8 Å². The van der Waals surface area contributed by atoms with E-state index in [9.17, 15) is 4.79 Å². The van der Waals surface area contributed by atoms with Crippen molar-refractivity contribution in [1.29, 1.82) is 0 Å². The molecule has 0 unspecified atom stereocenters. The zero-order valence-electron chi connectivity index (χ0n) is 17.7. The Morgan fingerprint density at radius 1 is 1.07 bits per heavy atom. The third-order valence-corrected chi connectivity index (χ3v) is 4.65. The van der Waals surface area contributed by atoms with Crippen LogP contribution in [0.5, 0.6) is 17.2 Å². The van der Waals surface area contributed by atoms with Gasteiger partial charge in [0, 0.05) is 6.08 Å². The van der Waals surface area contributed by atoms with E-state index in [2.05, 4.69) is 24.3 Å². The molecule has 1 aliphatic rings. The maximum atomic E-state index is 12.3. The van der Waals surface area contributed by atoms with Crippen molar-refractivity contribution in [3.63, 3.8) is 0 Å². The minimum Gasteiger partial charge on any atom is -0.494 e. The van der Waals surface area contributed by atoms with Crippen LogP contribution in [0.4, 0.5) is 5.69 Å². The van der Waals surface area contributed by atoms with Crippen LogP contribution >= 0.6 is 0 Å². The summed E-state index contributed by atoms with van der Waals surface area (Å²) in [4.78, 5) is 14.5. The number of rotatable bonds is 10. The lowest BCUT2D eigenvalue weighted by Crippen LogP contribution is -2.17. The topological polar surface area (TPSA) is 60.0 Å². The number of carbonyl (C=O) groups excluding carboxylic acids is 1. The van der Waals surface area contributed by atoms with E-state index in [-0.39, 0.29) is 5.91 Å². The van der Waals surface area contributed by atoms with Gasteiger partial charge in [-0.1, -0.05) is 18.2 Å². The molecule has 1 amide bonds. The van der Waals surface area contributed by atoms with E-state index in [1.807, 2.05) is 36.4 Å². The highest BCUT2D eigenvalue weighted by molar-refractivity contribution is 6.03. The molecular weight excluding hydrogens is 380 g/mol. The molecule has 0 fully saturated rings. The number of benzene rings is 2. The summed E-state index contributed by atoms with van der Waals surface area (Å²) < 4.78 is 16.9. The van der Waals surface area contributed by atoms with E-state index in [4.69, 9.17) is 14.2 Å². The molecule has 0 spiro atoms. The summed E-state index contributed by atoms with van der Waals surface area (Å²) in [7, 11) is 4.18. The number of ether oxygens (including phenoxy) is 3. The lowest BCUT2D eigenvalue weighted by Gasteiger charge is -2.20. The first-order valence-corrected chi connectivity index (χ1v) is 10.4. The normalized spacial score (nSPS) is 12.9. The molecule has 1 heterocycles. The SMILES string of the molecule is CN(C)CCCCCOc1ccc(C=CC(=O)Nc2cccc3c2OCCO3)cc1. The molecule has 2 aromatic carbocycles. The second-order valence-electron chi connectivity index (χ2n) is 7.43. The number of carbonyl (C=O) groups is 1. The lowest BCUT2D eigenvalue weighted by molar-refractivity contribution is -0.111. The Bertz CT molecular complexity index is 847. The molecular formula is C24H30N2O4. The van der Waals surface area contributed by atoms with Gasteiger partial charge in [0.15, 0.2) is 11.5 Å². The van der Waals surface area contributed by atoms with Crippen LogP contribution in [-0.2, 0) is 4.79 Å². The maximum absolute atomic E-state index is 12.3. The van der Waals surface area contributed by atoms with E-state index >= 15 is 0 Å². The minimum absolute atomic E-state index is 0.226. The number of hydrogen-bond donors (Lipinski definition) is 1. The van der Waals surface area contributed by atoms with Crippen molar-refractivity contribution in [3.05, 3.63) is 54.1 Å². The smallest absolute Gasteiger partial charge is 0.248 e. The van der Waals surface area contributed by atoms with Gasteiger partial charge in [0.1, 0.15) is 19.0 Å². The predicted molar refractivity (Wildman–Crippen MR) is 119 cm³/mol. The highest BCUT2D eigenvalue weighted by Gasteiger charge is 2.16. The van der Waals surface area contributed by atoms with Crippen LogP contribution in [0.15, 0.2) is 48.5 Å². The predicted octanol–water partition coefficient (Wildman–Crippen LogP) is 4.22. The molecule has 6 nitrogen and oxygen atoms in total. The van der Waals surface area contributed by atoms with E-state index < -0.39 is 0 Å². The van der Waals surface area contributed by atoms with E-state index in [0.717, 1.165) is 37.3 Å². The molecule has 3 rings (SSSR count). The van der Waals surface area contributed by atoms with Gasteiger partial charge in [-0.15, -0.1) is 0 Å². The van der Waals surface area contributed by atoms with Gasteiger partial charge < -0.3 is 24.4 Å². The largest absolute Gasteiger partial charge is 0.494 e. The molecule has 160 valence electrons. The van der Waals surface area contributed by atoms with Crippen molar-refractivity contribution < 1.29 is 19.0 Å². The molecule has 0 radical (unpaired) electrons. The van der Waals surface area contributed by atoms with Gasteiger partial charge in [-0.25, -0.2) is 0 Å². The van der Waals surface area contributed by atoms with Gasteiger partial charge in [-0.05, 0) is 75.8 Å². The Balaban J connectivity index is 1.44. The standard InChI is InChI=1S/C24H30N2O4/c1-26(2)15-4-3-5-16-28-20-12-9-19(10-13-20)11-14-23(27)25-21-7-6-8-22-24(21)30-18-17-29-22/h6-14H,3-5,15-18H2,1-2H3,(H,25,27). The van der Waals surface area contributed by atoms with Crippen LogP contribution in [0.2, 0.25) is 0 Å². The summed E-state index contributed by atoms with van der Waals surface area (Å²) in [5.74, 6) is 1.85. The van der Waals surface area contributed by atoms with Crippen molar-refractivity contribution in [2.75, 3.05) is 45.8 Å². The Morgan fingerprint density at radius 2 is 1.87 bits per heavy atom. The summed E-state index contributed by atoms with van der Waals surface area (Å²) in [6, 6.07) is 13.2. The molecule has 1 aliphatic heterocycles. The molecule has 30 heavy (non-hydrogen) atoms. The van der Waals surface area contributed by atoms with Crippen molar-refractivity contribution in [2.24, 2.45) is 0 Å². The molecule has 0 atom stereocenters. The third-order valence-electron chi connectivity index (χ3n) is 4.65. The first-order valence-electron chi connectivity index (χ1n) is 10.4. The van der Waals surface area contributed by atoms with Gasteiger partial charge >= 0.3 is 0 Å². The van der Waals surface area contributed by atoms with Gasteiger partial charge in [-0.3, -0.25) is 4.79 Å². The Morgan fingerprint density at radius 3 is 2.67 bits per heavy atom. The number of nitrogens with zero attached hydrogens (tertiary/aromatic N) is 1. The number of para-hydroxylation sites is 1. The Kier molecular flexibility index (Phi) is 8.15. The second-order valence-corrected chi connectivity index (χ2v) is 7.43. The summed E-state index contributed by atoms with van der Waals surface area (Å²) in [5, 5.41) is 2.84. The van der Waals surface area contributed by atoms with Crippen LogP contribution in [0, 0.1) is 0 Å². The summed E-state index contributed by atoms with van der Waals surface area (Å²) >= 11 is 0. The maximum Gasteiger partial charge on any atom is 0.248 e. The van der Waals surface area contributed by atoms with Gasteiger partial charge in [-0.2, -0.15) is 0 Å². The number of nitrogens with one attached hydrogen (secondary N) is 1. The van der Waals surface area contributed by atoms with Crippen molar-refractivity contribution in [2.45, 2.75) is 19.3 Å². The van der Waals surface area contributed by atoms with Gasteiger partial charge in [0.25, 0.3) is 0 Å². The molecule has 0 saturated heterocycles. The van der Waals surface area contributed by atoms with E-state index in [1.54, 1.807) is 12.1 Å². The summed E-state index contributed by atoms with van der Waals surface area (Å²) in [6.07, 6.45) is 6.67. The second kappa shape index (κ2) is 11.3. The first kappa shape index (κ1) is 21.7. The van der Waals surface area contributed by atoms with E-state index in [0.29, 0.717) is 30.4 Å². The number of fused-ring (bicyclic) bond motifs is 1. The third kappa shape index (κ3) is 6.81. The summed E-state index contributed by atoms with van der Waals surface area (Å²) in [5.41, 5.74) is 1.54. The molecule has 6 heteroatoms. The van der Waals surface area contributed by atoms with E-state index in [1.165, 1.54) is 12.5 Å². The quantitative estimate of drug-likeness (QED) is 0.469. The summed E-state index contributed by atoms with van der Waals surface area (Å²) in [6.45, 7) is 2.82. The molecule has 1 N–H and O–H groups in total. The van der Waals surface area contributed by atoms with Crippen LogP contribution < -0.4 is 19.5 Å². The van der Waals surface area contributed by atoms with Crippen molar-refractivity contribution in [3.8, 4) is 17.2 Å². The fourth-order valence-corrected chi connectivity index (χ4v) is 3.09. The van der Waals surface area contributed by atoms with Gasteiger partial charge in [0.05, 0.1) is 12.3 Å².